The maximum absolute atomic E-state index is 16.0. The summed E-state index contributed by atoms with van der Waals surface area (Å²) >= 11 is 0. The number of hydrogen-bond acceptors (Lipinski definition) is 13. The lowest BCUT2D eigenvalue weighted by molar-refractivity contribution is -0.221. The van der Waals surface area contributed by atoms with Crippen molar-refractivity contribution in [2.75, 3.05) is 52.0 Å². The number of piperazine rings is 1. The van der Waals surface area contributed by atoms with Gasteiger partial charge in [-0.1, -0.05) is 24.0 Å². The Morgan fingerprint density at radius 3 is 1.82 bits per heavy atom. The molecule has 26 heteroatoms. The third-order valence-electron chi connectivity index (χ3n) is 14.5. The summed E-state index contributed by atoms with van der Waals surface area (Å²) in [7, 11) is 1.63. The van der Waals surface area contributed by atoms with Gasteiger partial charge in [-0.15, -0.1) is 0 Å². The minimum Gasteiger partial charge on any atom is -0.453 e. The van der Waals surface area contributed by atoms with Gasteiger partial charge in [0, 0.05) is 66.7 Å². The van der Waals surface area contributed by atoms with Crippen molar-refractivity contribution in [2.24, 2.45) is 10.8 Å². The van der Waals surface area contributed by atoms with Gasteiger partial charge in [0.2, 0.25) is 5.91 Å². The molecular weight excluding hydrogens is 1060 g/mol. The lowest BCUT2D eigenvalue weighted by Crippen LogP contribution is -2.63. The number of carbonyl (C=O) groups is 4. The van der Waals surface area contributed by atoms with Crippen LogP contribution in [0.3, 0.4) is 0 Å². The highest BCUT2D eigenvalue weighted by Gasteiger charge is 2.57. The number of aliphatic hydroxyl groups excluding tert-OH is 1. The smallest absolute Gasteiger partial charge is 0.407 e. The lowest BCUT2D eigenvalue weighted by atomic mass is 9.82. The van der Waals surface area contributed by atoms with E-state index >= 15 is 8.78 Å². The first-order valence-electron chi connectivity index (χ1n) is 24.7. The van der Waals surface area contributed by atoms with Crippen LogP contribution in [0.1, 0.15) is 56.4 Å². The van der Waals surface area contributed by atoms with Crippen LogP contribution in [0.5, 0.6) is 0 Å². The standard InChI is InChI=1S/C53H58F9N9O8/c1-50(2,52(57,58)59)44(66-48(75)77-5)46(73)65-41(17-30-10-7-29(8-11-30)9-12-31-13-16-43(64-21-31)71-24-34-20-35(71)23-70(34)36-27-79-28-36)42(72)26-69(68-47(74)45(67-49(76)78-6)51(3,4)53(60,61)62)25-37-38(55)18-32(19-39(37)56)40-15-14-33(54)22-63-40/h7-8,10-11,13-16,18-19,21-22,34-36,41-42,44-45,72H,17,20,23-28H2,1-6H3,(H,65,73)(H,66,75)(H,67,76)(H,68,74)/t34-,35-,41+,42+,44-,45-/m1/s1. The van der Waals surface area contributed by atoms with Gasteiger partial charge >= 0.3 is 24.5 Å². The highest BCUT2D eigenvalue weighted by molar-refractivity contribution is 5.87. The van der Waals surface area contributed by atoms with Crippen molar-refractivity contribution in [2.45, 2.75) is 102 Å². The zero-order valence-corrected chi connectivity index (χ0v) is 43.6. The molecule has 4 aromatic rings. The van der Waals surface area contributed by atoms with E-state index in [0.29, 0.717) is 67.5 Å². The number of methoxy groups -OCH3 is 2. The Bertz CT molecular complexity index is 2880. The molecule has 7 rings (SSSR count). The van der Waals surface area contributed by atoms with Gasteiger partial charge in [-0.3, -0.25) is 24.9 Å². The van der Waals surface area contributed by atoms with Crippen molar-refractivity contribution in [3.8, 4) is 23.1 Å². The molecule has 17 nitrogen and oxygen atoms in total. The molecule has 3 aliphatic heterocycles. The van der Waals surface area contributed by atoms with E-state index in [1.54, 1.807) is 23.6 Å². The minimum atomic E-state index is -5.21. The number of rotatable bonds is 18. The van der Waals surface area contributed by atoms with E-state index in [1.807, 2.05) is 17.4 Å². The summed E-state index contributed by atoms with van der Waals surface area (Å²) in [6, 6.07) is 8.03. The van der Waals surface area contributed by atoms with E-state index in [4.69, 9.17) is 4.74 Å². The van der Waals surface area contributed by atoms with Crippen LogP contribution in [-0.4, -0.2) is 151 Å². The van der Waals surface area contributed by atoms with Crippen LogP contribution in [0.4, 0.5) is 54.9 Å². The predicted octanol–water partition coefficient (Wildman–Crippen LogP) is 6.17. The minimum absolute atomic E-state index is 0.0800. The Morgan fingerprint density at radius 2 is 1.33 bits per heavy atom. The summed E-state index contributed by atoms with van der Waals surface area (Å²) in [5, 5.41) is 18.6. The van der Waals surface area contributed by atoms with Crippen LogP contribution in [0.25, 0.3) is 11.3 Å². The number of carbonyl (C=O) groups excluding carboxylic acids is 4. The first kappa shape index (κ1) is 59.5. The van der Waals surface area contributed by atoms with Crippen molar-refractivity contribution in [1.29, 1.82) is 0 Å². The predicted molar refractivity (Wildman–Crippen MR) is 266 cm³/mol. The van der Waals surface area contributed by atoms with Crippen LogP contribution < -0.4 is 26.3 Å². The van der Waals surface area contributed by atoms with Gasteiger partial charge in [-0.25, -0.2) is 32.8 Å². The van der Waals surface area contributed by atoms with Crippen LogP contribution >= 0.6 is 0 Å². The molecule has 79 heavy (non-hydrogen) atoms. The highest BCUT2D eigenvalue weighted by atomic mass is 19.4. The number of alkyl carbamates (subject to hydrolysis) is 2. The summed E-state index contributed by atoms with van der Waals surface area (Å²) in [6.07, 6.45) is -12.4. The number of alkyl halides is 6. The number of hydrazine groups is 1. The fraction of sp³-hybridized carbons (Fsp3) is 0.472. The number of hydrogen-bond donors (Lipinski definition) is 5. The molecule has 5 N–H and O–H groups in total. The fourth-order valence-corrected chi connectivity index (χ4v) is 9.33. The number of anilines is 1. The maximum Gasteiger partial charge on any atom is 0.407 e. The second-order valence-electron chi connectivity index (χ2n) is 20.5. The van der Waals surface area contributed by atoms with Crippen molar-refractivity contribution >= 4 is 29.8 Å². The molecule has 0 aliphatic carbocycles. The number of pyridine rings is 2. The van der Waals surface area contributed by atoms with Crippen molar-refractivity contribution in [3.63, 3.8) is 0 Å². The molecule has 0 saturated carbocycles. The molecule has 2 bridgehead atoms. The van der Waals surface area contributed by atoms with E-state index in [1.165, 1.54) is 12.1 Å². The SMILES string of the molecule is COC(=O)N[C@H](C(=O)N[C@@H](Cc1ccc(C#Cc2ccc(N3C[C@H]4C[C@@H]3CN4C3COC3)nc2)cc1)[C@@H](O)CN(Cc1c(F)cc(-c2ccc(F)cn2)cc1F)NC(=O)[C@@H](NC(=O)OC)C(C)(C)C(F)(F)F)C(C)(C)C(F)(F)F. The average Bonchev–Trinajstić information content (AvgIpc) is 4.25. The number of aromatic nitrogens is 2. The molecule has 3 aliphatic rings. The Hall–Kier alpha value is -7.21. The second-order valence-corrected chi connectivity index (χ2v) is 20.5. The Morgan fingerprint density at radius 1 is 0.747 bits per heavy atom. The molecule has 4 amide bonds. The van der Waals surface area contributed by atoms with Crippen LogP contribution in [0, 0.1) is 40.1 Å². The zero-order chi connectivity index (χ0) is 57.8. The summed E-state index contributed by atoms with van der Waals surface area (Å²) in [6.45, 7) is 3.46. The number of likely N-dealkylation sites (tertiary alicyclic amines) is 1. The fourth-order valence-electron chi connectivity index (χ4n) is 9.33. The number of nitrogens with zero attached hydrogens (tertiary/aromatic N) is 5. The molecule has 2 aromatic heterocycles. The third kappa shape index (κ3) is 13.8. The normalized spacial score (nSPS) is 18.4. The van der Waals surface area contributed by atoms with E-state index < -0.39 is 114 Å². The number of ether oxygens (including phenoxy) is 3. The molecule has 2 aromatic carbocycles. The lowest BCUT2D eigenvalue weighted by Gasteiger charge is -2.42. The first-order chi connectivity index (χ1) is 37.1. The van der Waals surface area contributed by atoms with Gasteiger partial charge in [0.25, 0.3) is 5.91 Å². The summed E-state index contributed by atoms with van der Waals surface area (Å²) in [4.78, 5) is 66.1. The third-order valence-corrected chi connectivity index (χ3v) is 14.5. The summed E-state index contributed by atoms with van der Waals surface area (Å²) in [5.41, 5.74) is -3.81. The molecule has 0 radical (unpaired) electrons. The summed E-state index contributed by atoms with van der Waals surface area (Å²) < 4.78 is 147. The maximum atomic E-state index is 16.0. The monoisotopic (exact) mass is 1120 g/mol. The molecule has 6 atom stereocenters. The quantitative estimate of drug-likeness (QED) is 0.0431. The Kier molecular flexibility index (Phi) is 18.1. The van der Waals surface area contributed by atoms with Crippen molar-refractivity contribution in [1.82, 2.24) is 41.3 Å². The molecule has 0 unspecified atom stereocenters. The zero-order valence-electron chi connectivity index (χ0n) is 43.6. The number of halogens is 9. The second kappa shape index (κ2) is 24.0. The van der Waals surface area contributed by atoms with Crippen molar-refractivity contribution in [3.05, 3.63) is 113 Å². The molecular formula is C53H58F9N9O8. The number of amides is 4. The van der Waals surface area contributed by atoms with Crippen LogP contribution in [-0.2, 0) is 36.8 Å². The van der Waals surface area contributed by atoms with E-state index in [2.05, 4.69) is 51.8 Å². The number of benzene rings is 2. The molecule has 0 spiro atoms. The van der Waals surface area contributed by atoms with Gasteiger partial charge in [-0.05, 0) is 94.6 Å². The average molecular weight is 1120 g/mol. The van der Waals surface area contributed by atoms with E-state index in [9.17, 15) is 55.0 Å². The van der Waals surface area contributed by atoms with E-state index in [0.717, 1.165) is 83.2 Å². The van der Waals surface area contributed by atoms with Gasteiger partial charge in [-0.2, -0.15) is 26.3 Å². The largest absolute Gasteiger partial charge is 0.453 e. The van der Waals surface area contributed by atoms with Gasteiger partial charge in [0.1, 0.15) is 35.4 Å². The molecule has 3 fully saturated rings. The van der Waals surface area contributed by atoms with Crippen LogP contribution in [0.15, 0.2) is 73.1 Å². The first-order valence-corrected chi connectivity index (χ1v) is 24.7. The molecule has 5 heterocycles. The number of aliphatic hydroxyl groups is 1. The molecule has 3 saturated heterocycles. The van der Waals surface area contributed by atoms with Gasteiger partial charge in [0.05, 0.1) is 68.3 Å². The van der Waals surface area contributed by atoms with Crippen LogP contribution in [0.2, 0.25) is 0 Å². The van der Waals surface area contributed by atoms with E-state index in [-0.39, 0.29) is 11.3 Å². The highest BCUT2D eigenvalue weighted by Crippen LogP contribution is 2.42. The van der Waals surface area contributed by atoms with Gasteiger partial charge in [0.15, 0.2) is 0 Å². The Labute approximate surface area is 448 Å². The topological polar surface area (TPSA) is 200 Å². The number of nitrogens with one attached hydrogen (secondary N) is 4. The molecule has 426 valence electrons. The summed E-state index contributed by atoms with van der Waals surface area (Å²) in [5.74, 6) is 0.289. The number of fused-ring (bicyclic) bond motifs is 2. The van der Waals surface area contributed by atoms with Crippen molar-refractivity contribution < 1.29 is 78.0 Å². The Balaban J connectivity index is 1.18. The van der Waals surface area contributed by atoms with Gasteiger partial charge < -0.3 is 40.2 Å².